The van der Waals surface area contributed by atoms with Crippen molar-refractivity contribution in [2.45, 2.75) is 39.8 Å². The second kappa shape index (κ2) is 5.12. The van der Waals surface area contributed by atoms with Crippen LogP contribution in [-0.2, 0) is 0 Å². The molecule has 5 heteroatoms. The maximum Gasteiger partial charge on any atom is 0.273 e. The predicted octanol–water partition coefficient (Wildman–Crippen LogP) is 1.47. The molecule has 0 saturated carbocycles. The van der Waals surface area contributed by atoms with Gasteiger partial charge in [-0.15, -0.1) is 0 Å². The second-order valence-corrected chi connectivity index (χ2v) is 4.47. The molecular formula is C11H19N3O2. The molecule has 1 aromatic heterocycles. The number of carbonyl (C=O) groups excluding carboxylic acids is 1. The smallest absolute Gasteiger partial charge is 0.273 e. The molecule has 0 aromatic carbocycles. The maximum absolute atomic E-state index is 11.6. The van der Waals surface area contributed by atoms with Gasteiger partial charge in [0.25, 0.3) is 5.91 Å². The second-order valence-electron chi connectivity index (χ2n) is 4.47. The zero-order chi connectivity index (χ0) is 12.3. The van der Waals surface area contributed by atoms with Crippen molar-refractivity contribution in [2.75, 3.05) is 0 Å². The third-order valence-corrected chi connectivity index (χ3v) is 2.18. The molecule has 0 bridgehead atoms. The molecule has 1 amide bonds. The van der Waals surface area contributed by atoms with Gasteiger partial charge in [0.1, 0.15) is 6.26 Å². The van der Waals surface area contributed by atoms with Crippen molar-refractivity contribution < 1.29 is 9.21 Å². The third-order valence-electron chi connectivity index (χ3n) is 2.18. The summed E-state index contributed by atoms with van der Waals surface area (Å²) in [6.45, 7) is 7.73. The van der Waals surface area contributed by atoms with Gasteiger partial charge in [0.15, 0.2) is 5.69 Å². The van der Waals surface area contributed by atoms with E-state index in [0.29, 0.717) is 5.89 Å². The van der Waals surface area contributed by atoms with E-state index < -0.39 is 0 Å². The predicted molar refractivity (Wildman–Crippen MR) is 60.9 cm³/mol. The quantitative estimate of drug-likeness (QED) is 0.813. The van der Waals surface area contributed by atoms with Gasteiger partial charge in [-0.3, -0.25) is 4.79 Å². The van der Waals surface area contributed by atoms with Gasteiger partial charge in [-0.1, -0.05) is 13.8 Å². The minimum atomic E-state index is -0.277. The van der Waals surface area contributed by atoms with E-state index >= 15 is 0 Å². The minimum absolute atomic E-state index is 0.0754. The number of nitrogens with two attached hydrogens (primary N) is 1. The number of carbonyl (C=O) groups is 1. The van der Waals surface area contributed by atoms with Crippen LogP contribution in [0.15, 0.2) is 10.7 Å². The van der Waals surface area contributed by atoms with Crippen LogP contribution in [0.25, 0.3) is 0 Å². The monoisotopic (exact) mass is 225 g/mol. The lowest BCUT2D eigenvalue weighted by Crippen LogP contribution is -2.30. The summed E-state index contributed by atoms with van der Waals surface area (Å²) >= 11 is 0. The molecule has 5 nitrogen and oxygen atoms in total. The van der Waals surface area contributed by atoms with E-state index in [9.17, 15) is 4.79 Å². The van der Waals surface area contributed by atoms with E-state index in [2.05, 4.69) is 10.3 Å². The molecule has 90 valence electrons. The first-order valence-electron chi connectivity index (χ1n) is 5.43. The van der Waals surface area contributed by atoms with Gasteiger partial charge in [-0.25, -0.2) is 4.98 Å². The summed E-state index contributed by atoms with van der Waals surface area (Å²) < 4.78 is 5.19. The first kappa shape index (κ1) is 12.7. The highest BCUT2D eigenvalue weighted by Gasteiger charge is 2.19. The Labute approximate surface area is 95.4 Å². The number of nitrogens with one attached hydrogen (secondary N) is 1. The van der Waals surface area contributed by atoms with Gasteiger partial charge in [0, 0.05) is 6.04 Å². The molecule has 1 rings (SSSR count). The molecule has 0 saturated heterocycles. The van der Waals surface area contributed by atoms with Crippen LogP contribution < -0.4 is 11.1 Å². The summed E-state index contributed by atoms with van der Waals surface area (Å²) in [6, 6.07) is -0.202. The molecule has 0 radical (unpaired) electrons. The molecule has 0 aliphatic carbocycles. The third kappa shape index (κ3) is 3.06. The van der Waals surface area contributed by atoms with Gasteiger partial charge in [0.2, 0.25) is 5.89 Å². The van der Waals surface area contributed by atoms with E-state index in [0.717, 1.165) is 0 Å². The summed E-state index contributed by atoms with van der Waals surface area (Å²) in [5.41, 5.74) is 6.14. The standard InChI is InChI=1S/C11H19N3O2/c1-6(2)9(12)11-14-8(5-16-11)10(15)13-7(3)4/h5-7,9H,12H2,1-4H3,(H,13,15). The molecule has 0 fully saturated rings. The SMILES string of the molecule is CC(C)NC(=O)c1coc(C(N)C(C)C)n1. The topological polar surface area (TPSA) is 81.2 Å². The van der Waals surface area contributed by atoms with E-state index in [1.54, 1.807) is 0 Å². The fourth-order valence-corrected chi connectivity index (χ4v) is 1.17. The summed E-state index contributed by atoms with van der Waals surface area (Å²) in [6.07, 6.45) is 1.34. The Balaban J connectivity index is 2.75. The number of aromatic nitrogens is 1. The largest absolute Gasteiger partial charge is 0.446 e. The van der Waals surface area contributed by atoms with Crippen LogP contribution in [0.5, 0.6) is 0 Å². The molecule has 1 heterocycles. The Morgan fingerprint density at radius 2 is 2.06 bits per heavy atom. The Kier molecular flexibility index (Phi) is 4.06. The molecule has 1 unspecified atom stereocenters. The molecule has 3 N–H and O–H groups in total. The van der Waals surface area contributed by atoms with Crippen LogP contribution in [0.4, 0.5) is 0 Å². The van der Waals surface area contributed by atoms with Gasteiger partial charge >= 0.3 is 0 Å². The van der Waals surface area contributed by atoms with E-state index in [4.69, 9.17) is 10.2 Å². The first-order valence-corrected chi connectivity index (χ1v) is 5.43. The van der Waals surface area contributed by atoms with Gasteiger partial charge in [-0.2, -0.15) is 0 Å². The van der Waals surface area contributed by atoms with Crippen molar-refractivity contribution in [3.63, 3.8) is 0 Å². The molecule has 0 aliphatic heterocycles. The number of hydrogen-bond donors (Lipinski definition) is 2. The normalized spacial score (nSPS) is 13.2. The highest BCUT2D eigenvalue weighted by molar-refractivity contribution is 5.92. The Morgan fingerprint density at radius 3 is 2.56 bits per heavy atom. The van der Waals surface area contributed by atoms with Gasteiger partial charge in [-0.05, 0) is 19.8 Å². The molecule has 0 aliphatic rings. The van der Waals surface area contributed by atoms with Crippen molar-refractivity contribution in [1.29, 1.82) is 0 Å². The van der Waals surface area contributed by atoms with Crippen molar-refractivity contribution in [3.8, 4) is 0 Å². The fraction of sp³-hybridized carbons (Fsp3) is 0.636. The van der Waals surface area contributed by atoms with Crippen molar-refractivity contribution in [3.05, 3.63) is 17.8 Å². The van der Waals surface area contributed by atoms with Crippen LogP contribution in [-0.4, -0.2) is 16.9 Å². The summed E-state index contributed by atoms with van der Waals surface area (Å²) in [5.74, 6) is 0.393. The average molecular weight is 225 g/mol. The lowest BCUT2D eigenvalue weighted by Gasteiger charge is -2.10. The highest BCUT2D eigenvalue weighted by Crippen LogP contribution is 2.17. The molecular weight excluding hydrogens is 206 g/mol. The summed E-state index contributed by atoms with van der Waals surface area (Å²) in [7, 11) is 0. The van der Waals surface area contributed by atoms with Crippen LogP contribution >= 0.6 is 0 Å². The minimum Gasteiger partial charge on any atom is -0.446 e. The van der Waals surface area contributed by atoms with E-state index in [1.807, 2.05) is 27.7 Å². The number of oxazole rings is 1. The summed E-state index contributed by atoms with van der Waals surface area (Å²) in [4.78, 5) is 15.7. The number of amides is 1. The van der Waals surface area contributed by atoms with Crippen LogP contribution in [0.2, 0.25) is 0 Å². The summed E-state index contributed by atoms with van der Waals surface area (Å²) in [5, 5.41) is 2.74. The van der Waals surface area contributed by atoms with E-state index in [-0.39, 0.29) is 29.6 Å². The molecule has 16 heavy (non-hydrogen) atoms. The first-order chi connectivity index (χ1) is 7.41. The zero-order valence-corrected chi connectivity index (χ0v) is 10.2. The Hall–Kier alpha value is -1.36. The Bertz CT molecular complexity index is 358. The van der Waals surface area contributed by atoms with E-state index in [1.165, 1.54) is 6.26 Å². The van der Waals surface area contributed by atoms with Crippen LogP contribution in [0.1, 0.15) is 50.1 Å². The average Bonchev–Trinajstić information content (AvgIpc) is 2.63. The lowest BCUT2D eigenvalue weighted by molar-refractivity contribution is 0.0938. The van der Waals surface area contributed by atoms with Gasteiger partial charge < -0.3 is 15.5 Å². The Morgan fingerprint density at radius 1 is 1.44 bits per heavy atom. The molecule has 1 aromatic rings. The van der Waals surface area contributed by atoms with Crippen molar-refractivity contribution in [2.24, 2.45) is 11.7 Å². The van der Waals surface area contributed by atoms with Crippen molar-refractivity contribution in [1.82, 2.24) is 10.3 Å². The van der Waals surface area contributed by atoms with Crippen molar-refractivity contribution >= 4 is 5.91 Å². The van der Waals surface area contributed by atoms with Crippen LogP contribution in [0, 0.1) is 5.92 Å². The number of rotatable bonds is 4. The molecule has 0 spiro atoms. The maximum atomic E-state index is 11.6. The number of hydrogen-bond acceptors (Lipinski definition) is 4. The highest BCUT2D eigenvalue weighted by atomic mass is 16.3. The molecule has 1 atom stereocenters. The number of nitrogens with zero attached hydrogens (tertiary/aromatic N) is 1. The van der Waals surface area contributed by atoms with Crippen LogP contribution in [0.3, 0.4) is 0 Å². The van der Waals surface area contributed by atoms with Gasteiger partial charge in [0.05, 0.1) is 6.04 Å². The zero-order valence-electron chi connectivity index (χ0n) is 10.2. The fourth-order valence-electron chi connectivity index (χ4n) is 1.17. The lowest BCUT2D eigenvalue weighted by atomic mass is 10.1.